The number of ether oxygens (including phenoxy) is 1. The maximum absolute atomic E-state index is 5.88. The van der Waals surface area contributed by atoms with Gasteiger partial charge in [-0.1, -0.05) is 31.6 Å². The molecule has 2 heterocycles. The van der Waals surface area contributed by atoms with E-state index in [1.165, 1.54) is 12.8 Å². The standard InChI is InChI=1S/C25H35N5O/c1-3-5-8-22(9-6-16-31-19-20-12-14-26-15-13-20)28-25(7-4-2)29-23-10-11-24-21(17-23)18-27-30-24/h4,6-11,17-18,20,26H,3,5,12-16,19H2,1-2H3,(H,27,30)(H,28,29)/b7-4-,9-6+,22-8?. The lowest BCUT2D eigenvalue weighted by Crippen LogP contribution is -2.29. The van der Waals surface area contributed by atoms with Gasteiger partial charge in [0.05, 0.1) is 24.0 Å². The lowest BCUT2D eigenvalue weighted by Gasteiger charge is -2.21. The molecule has 0 aliphatic carbocycles. The second-order valence-electron chi connectivity index (χ2n) is 7.84. The fourth-order valence-electron chi connectivity index (χ4n) is 3.54. The number of allylic oxidation sites excluding steroid dienone is 3. The first-order chi connectivity index (χ1) is 15.3. The molecule has 3 rings (SSSR count). The van der Waals surface area contributed by atoms with Gasteiger partial charge in [-0.25, -0.2) is 4.99 Å². The number of H-pyrrole nitrogens is 1. The number of hydrogen-bond acceptors (Lipinski definition) is 4. The number of benzene rings is 1. The van der Waals surface area contributed by atoms with Gasteiger partial charge in [0.1, 0.15) is 5.84 Å². The average molecular weight is 422 g/mol. The van der Waals surface area contributed by atoms with E-state index in [2.05, 4.69) is 52.0 Å². The van der Waals surface area contributed by atoms with Crippen LogP contribution < -0.4 is 10.6 Å². The Hall–Kier alpha value is -2.70. The highest BCUT2D eigenvalue weighted by Gasteiger charge is 2.12. The summed E-state index contributed by atoms with van der Waals surface area (Å²) < 4.78 is 5.88. The summed E-state index contributed by atoms with van der Waals surface area (Å²) in [7, 11) is 0. The molecule has 1 fully saturated rings. The van der Waals surface area contributed by atoms with E-state index in [0.717, 1.165) is 60.7 Å². The lowest BCUT2D eigenvalue weighted by molar-refractivity contribution is 0.109. The molecule has 3 N–H and O–H groups in total. The van der Waals surface area contributed by atoms with Gasteiger partial charge in [-0.3, -0.25) is 5.10 Å². The van der Waals surface area contributed by atoms with Crippen molar-refractivity contribution in [3.63, 3.8) is 0 Å². The first kappa shape index (κ1) is 23.0. The molecule has 0 atom stereocenters. The molecule has 1 aliphatic rings. The molecule has 0 radical (unpaired) electrons. The molecule has 0 spiro atoms. The van der Waals surface area contributed by atoms with Gasteiger partial charge < -0.3 is 15.4 Å². The third-order valence-corrected chi connectivity index (χ3v) is 5.24. The summed E-state index contributed by atoms with van der Waals surface area (Å²) in [5.74, 6) is 1.48. The summed E-state index contributed by atoms with van der Waals surface area (Å²) in [6.07, 6.45) is 16.6. The molecular formula is C25H35N5O. The van der Waals surface area contributed by atoms with Crippen LogP contribution in [0.2, 0.25) is 0 Å². The van der Waals surface area contributed by atoms with Gasteiger partial charge in [-0.05, 0) is 75.5 Å². The van der Waals surface area contributed by atoms with E-state index in [-0.39, 0.29) is 0 Å². The van der Waals surface area contributed by atoms with Crippen molar-refractivity contribution >= 4 is 22.4 Å². The quantitative estimate of drug-likeness (QED) is 0.213. The number of amidine groups is 1. The molecule has 166 valence electrons. The molecule has 31 heavy (non-hydrogen) atoms. The maximum Gasteiger partial charge on any atom is 0.130 e. The zero-order valence-electron chi connectivity index (χ0n) is 18.7. The summed E-state index contributed by atoms with van der Waals surface area (Å²) in [5, 5.41) is 15.0. The van der Waals surface area contributed by atoms with Gasteiger partial charge in [-0.15, -0.1) is 0 Å². The van der Waals surface area contributed by atoms with E-state index in [1.807, 2.05) is 37.4 Å². The monoisotopic (exact) mass is 421 g/mol. The minimum absolute atomic E-state index is 0.618. The number of aromatic nitrogens is 2. The van der Waals surface area contributed by atoms with E-state index < -0.39 is 0 Å². The minimum atomic E-state index is 0.618. The average Bonchev–Trinajstić information content (AvgIpc) is 3.26. The van der Waals surface area contributed by atoms with Gasteiger partial charge in [0, 0.05) is 17.7 Å². The largest absolute Gasteiger partial charge is 0.377 e. The number of aliphatic imine (C=N–C) groups is 1. The number of nitrogens with one attached hydrogen (secondary N) is 3. The number of hydrogen-bond donors (Lipinski definition) is 3. The summed E-state index contributed by atoms with van der Waals surface area (Å²) in [4.78, 5) is 4.86. The normalized spacial score (nSPS) is 16.7. The third-order valence-electron chi connectivity index (χ3n) is 5.24. The highest BCUT2D eigenvalue weighted by molar-refractivity contribution is 6.05. The molecule has 0 bridgehead atoms. The van der Waals surface area contributed by atoms with Crippen LogP contribution in [0.25, 0.3) is 10.9 Å². The van der Waals surface area contributed by atoms with E-state index in [0.29, 0.717) is 12.5 Å². The second-order valence-corrected chi connectivity index (χ2v) is 7.84. The number of fused-ring (bicyclic) bond motifs is 1. The summed E-state index contributed by atoms with van der Waals surface area (Å²) in [6.45, 7) is 7.84. The van der Waals surface area contributed by atoms with Crippen LogP contribution in [0.3, 0.4) is 0 Å². The zero-order chi connectivity index (χ0) is 21.7. The van der Waals surface area contributed by atoms with Crippen LogP contribution in [0.5, 0.6) is 0 Å². The molecule has 0 unspecified atom stereocenters. The van der Waals surface area contributed by atoms with Crippen LogP contribution in [-0.4, -0.2) is 42.3 Å². The molecule has 6 heteroatoms. The molecule has 6 nitrogen and oxygen atoms in total. The predicted molar refractivity (Wildman–Crippen MR) is 131 cm³/mol. The van der Waals surface area contributed by atoms with Crippen molar-refractivity contribution in [1.82, 2.24) is 15.5 Å². The fraction of sp³-hybridized carbons (Fsp3) is 0.440. The molecule has 0 saturated carbocycles. The Morgan fingerprint density at radius 1 is 1.29 bits per heavy atom. The first-order valence-electron chi connectivity index (χ1n) is 11.3. The van der Waals surface area contributed by atoms with Crippen molar-refractivity contribution in [3.8, 4) is 0 Å². The smallest absolute Gasteiger partial charge is 0.130 e. The molecule has 1 aromatic carbocycles. The molecule has 1 aliphatic heterocycles. The van der Waals surface area contributed by atoms with Crippen LogP contribution in [0.15, 0.2) is 65.5 Å². The number of rotatable bonds is 10. The molecule has 2 aromatic rings. The Bertz CT molecular complexity index is 919. The number of unbranched alkanes of at least 4 members (excludes halogenated alkanes) is 1. The SMILES string of the molecule is C/C=C\C(=NC(=CCCC)/C=C/COCC1CCNCC1)Nc1ccc2[nH]ncc2c1. The topological polar surface area (TPSA) is 74.3 Å². The summed E-state index contributed by atoms with van der Waals surface area (Å²) >= 11 is 0. The predicted octanol–water partition coefficient (Wildman–Crippen LogP) is 5.21. The number of piperidine rings is 1. The highest BCUT2D eigenvalue weighted by atomic mass is 16.5. The van der Waals surface area contributed by atoms with Crippen molar-refractivity contribution in [2.45, 2.75) is 39.5 Å². The van der Waals surface area contributed by atoms with E-state index in [1.54, 1.807) is 0 Å². The molecule has 1 aromatic heterocycles. The van der Waals surface area contributed by atoms with Crippen molar-refractivity contribution in [2.75, 3.05) is 31.6 Å². The van der Waals surface area contributed by atoms with Crippen LogP contribution in [0.4, 0.5) is 5.69 Å². The summed E-state index contributed by atoms with van der Waals surface area (Å²) in [6, 6.07) is 6.11. The Morgan fingerprint density at radius 3 is 2.97 bits per heavy atom. The Kier molecular flexibility index (Phi) is 9.54. The van der Waals surface area contributed by atoms with E-state index in [4.69, 9.17) is 9.73 Å². The Morgan fingerprint density at radius 2 is 2.16 bits per heavy atom. The number of anilines is 1. The second kappa shape index (κ2) is 12.9. The van der Waals surface area contributed by atoms with Crippen molar-refractivity contribution < 1.29 is 4.74 Å². The highest BCUT2D eigenvalue weighted by Crippen LogP contribution is 2.17. The van der Waals surface area contributed by atoms with Gasteiger partial charge in [0.2, 0.25) is 0 Å². The molecule has 1 saturated heterocycles. The molecule has 0 amide bonds. The summed E-state index contributed by atoms with van der Waals surface area (Å²) in [5.41, 5.74) is 2.94. The zero-order valence-corrected chi connectivity index (χ0v) is 18.7. The van der Waals surface area contributed by atoms with Crippen LogP contribution >= 0.6 is 0 Å². The fourth-order valence-corrected chi connectivity index (χ4v) is 3.54. The van der Waals surface area contributed by atoms with E-state index in [9.17, 15) is 0 Å². The molecular weight excluding hydrogens is 386 g/mol. The maximum atomic E-state index is 5.88. The van der Waals surface area contributed by atoms with Gasteiger partial charge in [0.25, 0.3) is 0 Å². The van der Waals surface area contributed by atoms with Crippen LogP contribution in [0, 0.1) is 5.92 Å². The van der Waals surface area contributed by atoms with Crippen molar-refractivity contribution in [3.05, 3.63) is 60.5 Å². The number of aromatic amines is 1. The van der Waals surface area contributed by atoms with Crippen LogP contribution in [-0.2, 0) is 4.74 Å². The Labute approximate surface area is 185 Å². The Balaban J connectivity index is 1.62. The third kappa shape index (κ3) is 7.81. The number of nitrogens with zero attached hydrogens (tertiary/aromatic N) is 2. The van der Waals surface area contributed by atoms with E-state index >= 15 is 0 Å². The van der Waals surface area contributed by atoms with Crippen molar-refractivity contribution in [2.24, 2.45) is 10.9 Å². The minimum Gasteiger partial charge on any atom is -0.377 e. The first-order valence-corrected chi connectivity index (χ1v) is 11.3. The van der Waals surface area contributed by atoms with Gasteiger partial charge in [-0.2, -0.15) is 5.10 Å². The van der Waals surface area contributed by atoms with Gasteiger partial charge >= 0.3 is 0 Å². The van der Waals surface area contributed by atoms with Crippen molar-refractivity contribution in [1.29, 1.82) is 0 Å². The lowest BCUT2D eigenvalue weighted by atomic mass is 9.99. The van der Waals surface area contributed by atoms with Crippen LogP contribution in [0.1, 0.15) is 39.5 Å². The van der Waals surface area contributed by atoms with Gasteiger partial charge in [0.15, 0.2) is 0 Å².